The van der Waals surface area contributed by atoms with Gasteiger partial charge in [0.05, 0.1) is 16.8 Å². The SMILES string of the molecule is Nc1ncccc1-c1nc2ccc(-c3c[nH]c(=O)[nH]c3=O)nc2n1C1=CC=C(CNC(=O)c2cccc(F)c2)CC1. The molecule has 4 aromatic heterocycles. The summed E-state index contributed by atoms with van der Waals surface area (Å²) >= 11 is 0. The lowest BCUT2D eigenvalue weighted by atomic mass is 10.0. The molecule has 41 heavy (non-hydrogen) atoms. The Morgan fingerprint density at radius 2 is 1.93 bits per heavy atom. The number of H-pyrrole nitrogens is 2. The van der Waals surface area contributed by atoms with Gasteiger partial charge in [0.1, 0.15) is 23.0 Å². The summed E-state index contributed by atoms with van der Waals surface area (Å²) in [5.74, 6) is 0.00735. The van der Waals surface area contributed by atoms with Crippen molar-refractivity contribution in [2.75, 3.05) is 12.3 Å². The van der Waals surface area contributed by atoms with E-state index in [1.165, 1.54) is 24.4 Å². The van der Waals surface area contributed by atoms with Gasteiger partial charge in [-0.15, -0.1) is 0 Å². The molecule has 0 atom stereocenters. The maximum absolute atomic E-state index is 13.5. The normalized spacial score (nSPS) is 13.1. The van der Waals surface area contributed by atoms with Gasteiger partial charge < -0.3 is 16.0 Å². The number of carbonyl (C=O) groups excluding carboxylic acids is 1. The van der Waals surface area contributed by atoms with Crippen LogP contribution in [0.2, 0.25) is 0 Å². The summed E-state index contributed by atoms with van der Waals surface area (Å²) in [6, 6.07) is 12.5. The van der Waals surface area contributed by atoms with Gasteiger partial charge in [-0.2, -0.15) is 0 Å². The molecule has 6 rings (SSSR count). The van der Waals surface area contributed by atoms with Crippen LogP contribution in [0.15, 0.2) is 88.2 Å². The number of hydrogen-bond donors (Lipinski definition) is 4. The molecule has 204 valence electrons. The highest BCUT2D eigenvalue weighted by Gasteiger charge is 2.22. The molecule has 0 saturated carbocycles. The number of hydrogen-bond acceptors (Lipinski definition) is 7. The van der Waals surface area contributed by atoms with Crippen LogP contribution in [-0.4, -0.2) is 41.9 Å². The Morgan fingerprint density at radius 3 is 2.68 bits per heavy atom. The number of fused-ring (bicyclic) bond motifs is 1. The second kappa shape index (κ2) is 10.5. The van der Waals surface area contributed by atoms with Crippen LogP contribution in [0, 0.1) is 5.82 Å². The van der Waals surface area contributed by atoms with Crippen molar-refractivity contribution >= 4 is 28.6 Å². The van der Waals surface area contributed by atoms with Crippen molar-refractivity contribution in [3.05, 3.63) is 111 Å². The largest absolute Gasteiger partial charge is 0.383 e. The third-order valence-electron chi connectivity index (χ3n) is 6.74. The molecule has 0 unspecified atom stereocenters. The first-order valence-electron chi connectivity index (χ1n) is 12.7. The van der Waals surface area contributed by atoms with Crippen LogP contribution < -0.4 is 22.3 Å². The Balaban J connectivity index is 1.39. The standard InChI is InChI=1S/C29H23FN8O3/c30-18-4-1-3-17(13-18)27(39)33-14-16-6-8-19(9-7-16)38-25(20-5-2-12-32-24(20)31)36-23-11-10-22(35-26(23)38)21-15-34-29(41)37-28(21)40/h1-6,8,10-13,15H,7,9,14H2,(H2,31,32)(H,33,39)(H2,34,37,40,41). The first-order valence-corrected chi connectivity index (χ1v) is 12.7. The summed E-state index contributed by atoms with van der Waals surface area (Å²) in [5.41, 5.74) is 9.40. The zero-order valence-corrected chi connectivity index (χ0v) is 21.5. The third kappa shape index (κ3) is 5.05. The smallest absolute Gasteiger partial charge is 0.325 e. The van der Waals surface area contributed by atoms with Crippen LogP contribution in [0.5, 0.6) is 0 Å². The average Bonchev–Trinajstić information content (AvgIpc) is 3.35. The van der Waals surface area contributed by atoms with E-state index in [4.69, 9.17) is 15.7 Å². The summed E-state index contributed by atoms with van der Waals surface area (Å²) in [6.45, 7) is 0.309. The number of halogens is 1. The summed E-state index contributed by atoms with van der Waals surface area (Å²) in [6.07, 6.45) is 7.98. The van der Waals surface area contributed by atoms with Crippen molar-refractivity contribution < 1.29 is 9.18 Å². The predicted molar refractivity (Wildman–Crippen MR) is 152 cm³/mol. The predicted octanol–water partition coefficient (Wildman–Crippen LogP) is 3.25. The highest BCUT2D eigenvalue weighted by atomic mass is 19.1. The second-order valence-corrected chi connectivity index (χ2v) is 9.41. The van der Waals surface area contributed by atoms with Crippen molar-refractivity contribution in [3.63, 3.8) is 0 Å². The number of aromatic nitrogens is 6. The zero-order valence-electron chi connectivity index (χ0n) is 21.5. The molecule has 1 amide bonds. The van der Waals surface area contributed by atoms with Crippen LogP contribution in [-0.2, 0) is 0 Å². The van der Waals surface area contributed by atoms with Gasteiger partial charge >= 0.3 is 5.69 Å². The van der Waals surface area contributed by atoms with Crippen molar-refractivity contribution in [3.8, 4) is 22.6 Å². The molecule has 5 N–H and O–H groups in total. The number of aromatic amines is 2. The Hall–Kier alpha value is -5.65. The third-order valence-corrected chi connectivity index (χ3v) is 6.74. The number of nitrogen functional groups attached to an aromatic ring is 1. The topological polar surface area (TPSA) is 164 Å². The number of pyridine rings is 2. The van der Waals surface area contributed by atoms with E-state index in [-0.39, 0.29) is 17.0 Å². The van der Waals surface area contributed by atoms with Crippen molar-refractivity contribution in [2.45, 2.75) is 12.8 Å². The molecule has 0 bridgehead atoms. The Bertz CT molecular complexity index is 2000. The van der Waals surface area contributed by atoms with Crippen molar-refractivity contribution in [1.82, 2.24) is 34.8 Å². The molecule has 12 heteroatoms. The lowest BCUT2D eigenvalue weighted by Crippen LogP contribution is -2.26. The molecule has 1 aliphatic carbocycles. The Kier molecular flexibility index (Phi) is 6.55. The summed E-state index contributed by atoms with van der Waals surface area (Å²) < 4.78 is 15.4. The van der Waals surface area contributed by atoms with Crippen LogP contribution in [0.3, 0.4) is 0 Å². The summed E-state index contributed by atoms with van der Waals surface area (Å²) in [7, 11) is 0. The van der Waals surface area contributed by atoms with Gasteiger partial charge in [0, 0.05) is 30.2 Å². The Morgan fingerprint density at radius 1 is 1.05 bits per heavy atom. The minimum atomic E-state index is -0.610. The number of nitrogens with one attached hydrogen (secondary N) is 3. The van der Waals surface area contributed by atoms with Gasteiger partial charge in [-0.1, -0.05) is 17.7 Å². The van der Waals surface area contributed by atoms with Gasteiger partial charge in [0.15, 0.2) is 5.65 Å². The molecule has 4 heterocycles. The molecule has 1 aliphatic rings. The number of carbonyl (C=O) groups is 1. The van der Waals surface area contributed by atoms with Gasteiger partial charge in [-0.05, 0) is 61.4 Å². The molecular formula is C29H23FN8O3. The number of nitrogens with two attached hydrogens (primary N) is 1. The van der Waals surface area contributed by atoms with E-state index in [9.17, 15) is 18.8 Å². The lowest BCUT2D eigenvalue weighted by Gasteiger charge is -2.19. The average molecular weight is 551 g/mol. The number of anilines is 1. The van der Waals surface area contributed by atoms with Crippen molar-refractivity contribution in [1.29, 1.82) is 0 Å². The first kappa shape index (κ1) is 25.6. The monoisotopic (exact) mass is 550 g/mol. The van der Waals surface area contributed by atoms with Gasteiger partial charge in [-0.25, -0.2) is 24.1 Å². The molecule has 0 saturated heterocycles. The fourth-order valence-corrected chi connectivity index (χ4v) is 4.70. The molecule has 1 aromatic carbocycles. The van der Waals surface area contributed by atoms with Crippen LogP contribution >= 0.6 is 0 Å². The number of imidazole rings is 1. The minimum absolute atomic E-state index is 0.204. The van der Waals surface area contributed by atoms with Gasteiger partial charge in [-0.3, -0.25) is 19.1 Å². The second-order valence-electron chi connectivity index (χ2n) is 9.41. The molecule has 0 fully saturated rings. The summed E-state index contributed by atoms with van der Waals surface area (Å²) in [5, 5.41) is 2.84. The quantitative estimate of drug-likeness (QED) is 0.252. The Labute approximate surface area is 231 Å². The lowest BCUT2D eigenvalue weighted by molar-refractivity contribution is 0.0956. The van der Waals surface area contributed by atoms with E-state index >= 15 is 0 Å². The van der Waals surface area contributed by atoms with Crippen molar-refractivity contribution in [2.24, 2.45) is 0 Å². The maximum atomic E-state index is 13.5. The molecule has 11 nitrogen and oxygen atoms in total. The number of amides is 1. The number of rotatable bonds is 6. The van der Waals surface area contributed by atoms with E-state index < -0.39 is 17.1 Å². The molecule has 5 aromatic rings. The molecule has 0 aliphatic heterocycles. The van der Waals surface area contributed by atoms with Gasteiger partial charge in [0.2, 0.25) is 0 Å². The number of nitrogens with zero attached hydrogens (tertiary/aromatic N) is 4. The first-order chi connectivity index (χ1) is 19.9. The van der Waals surface area contributed by atoms with E-state index in [0.717, 1.165) is 11.3 Å². The number of allylic oxidation sites excluding steroid dienone is 3. The van der Waals surface area contributed by atoms with Crippen LogP contribution in [0.1, 0.15) is 23.2 Å². The maximum Gasteiger partial charge on any atom is 0.325 e. The molecule has 0 radical (unpaired) electrons. The fraction of sp³-hybridized carbons (Fsp3) is 0.103. The van der Waals surface area contributed by atoms with E-state index in [2.05, 4.69) is 20.3 Å². The van der Waals surface area contributed by atoms with Gasteiger partial charge in [0.25, 0.3) is 11.5 Å². The summed E-state index contributed by atoms with van der Waals surface area (Å²) in [4.78, 5) is 54.9. The fourth-order valence-electron chi connectivity index (χ4n) is 4.70. The zero-order chi connectivity index (χ0) is 28.5. The van der Waals surface area contributed by atoms with Crippen LogP contribution in [0.4, 0.5) is 10.2 Å². The highest BCUT2D eigenvalue weighted by molar-refractivity contribution is 5.94. The van der Waals surface area contributed by atoms with E-state index in [0.29, 0.717) is 53.4 Å². The minimum Gasteiger partial charge on any atom is -0.383 e. The number of benzene rings is 1. The van der Waals surface area contributed by atoms with E-state index in [1.807, 2.05) is 22.8 Å². The molecular weight excluding hydrogens is 527 g/mol. The van der Waals surface area contributed by atoms with E-state index in [1.54, 1.807) is 30.5 Å². The molecule has 0 spiro atoms. The highest BCUT2D eigenvalue weighted by Crippen LogP contribution is 2.34. The van der Waals surface area contributed by atoms with Crippen LogP contribution in [0.25, 0.3) is 39.5 Å².